The Hall–Kier alpha value is -1.42. The van der Waals surface area contributed by atoms with Crippen molar-refractivity contribution in [2.45, 2.75) is 31.7 Å². The van der Waals surface area contributed by atoms with Crippen LogP contribution in [0.5, 0.6) is 0 Å². The highest BCUT2D eigenvalue weighted by atomic mass is 16.1. The molecule has 2 rings (SSSR count). The Labute approximate surface area is 95.5 Å². The predicted octanol–water partition coefficient (Wildman–Crippen LogP) is 1.55. The van der Waals surface area contributed by atoms with E-state index in [4.69, 9.17) is 0 Å². The molecule has 16 heavy (non-hydrogen) atoms. The van der Waals surface area contributed by atoms with E-state index in [1.54, 1.807) is 18.5 Å². The molecule has 1 aromatic rings. The number of hydrogen-bond donors (Lipinski definition) is 2. The minimum Gasteiger partial charge on any atom is -0.324 e. The van der Waals surface area contributed by atoms with Crippen molar-refractivity contribution in [3.8, 4) is 0 Å². The second-order valence-corrected chi connectivity index (χ2v) is 4.15. The minimum atomic E-state index is -0.0000926. The van der Waals surface area contributed by atoms with Crippen molar-refractivity contribution in [2.75, 3.05) is 11.9 Å². The molecule has 4 nitrogen and oxygen atoms in total. The molecule has 4 heteroatoms. The van der Waals surface area contributed by atoms with Gasteiger partial charge in [0.25, 0.3) is 0 Å². The van der Waals surface area contributed by atoms with Crippen LogP contribution in [-0.4, -0.2) is 23.5 Å². The Kier molecular flexibility index (Phi) is 3.88. The molecule has 1 aliphatic carbocycles. The molecule has 0 aliphatic heterocycles. The van der Waals surface area contributed by atoms with Gasteiger partial charge in [-0.15, -0.1) is 0 Å². The fourth-order valence-electron chi connectivity index (χ4n) is 2.01. The van der Waals surface area contributed by atoms with Gasteiger partial charge >= 0.3 is 0 Å². The maximum absolute atomic E-state index is 11.6. The van der Waals surface area contributed by atoms with Crippen molar-refractivity contribution in [3.63, 3.8) is 0 Å². The number of hydrogen-bond acceptors (Lipinski definition) is 3. The van der Waals surface area contributed by atoms with E-state index in [9.17, 15) is 4.79 Å². The van der Waals surface area contributed by atoms with Crippen LogP contribution in [0.1, 0.15) is 25.7 Å². The van der Waals surface area contributed by atoms with Crippen LogP contribution >= 0.6 is 0 Å². The number of anilines is 1. The van der Waals surface area contributed by atoms with Gasteiger partial charge in [0.05, 0.1) is 18.4 Å². The average Bonchev–Trinajstić information content (AvgIpc) is 2.81. The zero-order valence-corrected chi connectivity index (χ0v) is 9.28. The quantitative estimate of drug-likeness (QED) is 0.808. The molecular weight excluding hydrogens is 202 g/mol. The zero-order valence-electron chi connectivity index (χ0n) is 9.28. The summed E-state index contributed by atoms with van der Waals surface area (Å²) in [5.74, 6) is -0.0000926. The highest BCUT2D eigenvalue weighted by Crippen LogP contribution is 2.17. The van der Waals surface area contributed by atoms with Gasteiger partial charge in [0, 0.05) is 12.2 Å². The first-order valence-electron chi connectivity index (χ1n) is 5.78. The van der Waals surface area contributed by atoms with E-state index in [0.717, 1.165) is 5.69 Å². The lowest BCUT2D eigenvalue weighted by Crippen LogP contribution is -2.34. The number of pyridine rings is 1. The van der Waals surface area contributed by atoms with Crippen LogP contribution in [0.2, 0.25) is 0 Å². The monoisotopic (exact) mass is 219 g/mol. The Bertz CT molecular complexity index is 333. The van der Waals surface area contributed by atoms with Gasteiger partial charge < -0.3 is 10.6 Å². The van der Waals surface area contributed by atoms with Crippen molar-refractivity contribution in [1.82, 2.24) is 10.3 Å². The summed E-state index contributed by atoms with van der Waals surface area (Å²) < 4.78 is 0. The Morgan fingerprint density at radius 1 is 1.44 bits per heavy atom. The number of nitrogens with zero attached hydrogens (tertiary/aromatic N) is 1. The summed E-state index contributed by atoms with van der Waals surface area (Å²) in [6.45, 7) is 0.388. The summed E-state index contributed by atoms with van der Waals surface area (Å²) in [7, 11) is 0. The average molecular weight is 219 g/mol. The van der Waals surface area contributed by atoms with Gasteiger partial charge in [0.1, 0.15) is 0 Å². The normalized spacial score (nSPS) is 16.2. The largest absolute Gasteiger partial charge is 0.324 e. The predicted molar refractivity (Wildman–Crippen MR) is 63.1 cm³/mol. The molecule has 0 saturated heterocycles. The molecule has 1 saturated carbocycles. The van der Waals surface area contributed by atoms with Crippen molar-refractivity contribution >= 4 is 11.6 Å². The van der Waals surface area contributed by atoms with Crippen molar-refractivity contribution < 1.29 is 4.79 Å². The molecule has 1 amide bonds. The molecule has 0 aromatic carbocycles. The van der Waals surface area contributed by atoms with Crippen LogP contribution in [0.3, 0.4) is 0 Å². The van der Waals surface area contributed by atoms with Crippen LogP contribution in [0.4, 0.5) is 5.69 Å². The van der Waals surface area contributed by atoms with E-state index in [2.05, 4.69) is 15.6 Å². The fraction of sp³-hybridized carbons (Fsp3) is 0.500. The first kappa shape index (κ1) is 11.1. The van der Waals surface area contributed by atoms with E-state index in [1.807, 2.05) is 6.07 Å². The van der Waals surface area contributed by atoms with Gasteiger partial charge in [-0.3, -0.25) is 9.78 Å². The van der Waals surface area contributed by atoms with Crippen LogP contribution < -0.4 is 10.6 Å². The molecule has 0 atom stereocenters. The van der Waals surface area contributed by atoms with E-state index in [1.165, 1.54) is 25.7 Å². The zero-order chi connectivity index (χ0) is 11.2. The van der Waals surface area contributed by atoms with Gasteiger partial charge in [-0.1, -0.05) is 12.8 Å². The third-order valence-corrected chi connectivity index (χ3v) is 2.85. The van der Waals surface area contributed by atoms with E-state index in [-0.39, 0.29) is 5.91 Å². The molecule has 1 fully saturated rings. The number of carbonyl (C=O) groups excluding carboxylic acids is 1. The third-order valence-electron chi connectivity index (χ3n) is 2.85. The molecule has 1 heterocycles. The number of aromatic nitrogens is 1. The number of rotatable bonds is 4. The number of carbonyl (C=O) groups is 1. The molecule has 0 radical (unpaired) electrons. The van der Waals surface area contributed by atoms with Gasteiger partial charge in [0.15, 0.2) is 0 Å². The summed E-state index contributed by atoms with van der Waals surface area (Å²) in [6, 6.07) is 4.17. The van der Waals surface area contributed by atoms with Crippen LogP contribution in [0, 0.1) is 0 Å². The summed E-state index contributed by atoms with van der Waals surface area (Å²) in [4.78, 5) is 15.5. The smallest absolute Gasteiger partial charge is 0.238 e. The first-order chi connectivity index (χ1) is 7.84. The minimum absolute atomic E-state index is 0.0000926. The van der Waals surface area contributed by atoms with Crippen LogP contribution in [0.15, 0.2) is 24.5 Å². The fourth-order valence-corrected chi connectivity index (χ4v) is 2.01. The van der Waals surface area contributed by atoms with Gasteiger partial charge in [-0.2, -0.15) is 0 Å². The molecule has 1 aromatic heterocycles. The van der Waals surface area contributed by atoms with Gasteiger partial charge in [0.2, 0.25) is 5.91 Å². The van der Waals surface area contributed by atoms with Crippen molar-refractivity contribution in [2.24, 2.45) is 0 Å². The lowest BCUT2D eigenvalue weighted by atomic mass is 10.2. The molecule has 2 N–H and O–H groups in total. The Morgan fingerprint density at radius 2 is 2.25 bits per heavy atom. The second kappa shape index (κ2) is 5.61. The Balaban J connectivity index is 1.72. The van der Waals surface area contributed by atoms with E-state index < -0.39 is 0 Å². The standard InChI is InChI=1S/C12H17N3O/c16-12(9-14-10-4-1-2-5-10)15-11-6-3-7-13-8-11/h3,6-8,10,14H,1-2,4-5,9H2,(H,15,16). The highest BCUT2D eigenvalue weighted by molar-refractivity contribution is 5.92. The van der Waals surface area contributed by atoms with Crippen LogP contribution in [0.25, 0.3) is 0 Å². The number of amides is 1. The number of nitrogens with one attached hydrogen (secondary N) is 2. The van der Waals surface area contributed by atoms with Crippen LogP contribution in [-0.2, 0) is 4.79 Å². The summed E-state index contributed by atoms with van der Waals surface area (Å²) in [6.07, 6.45) is 8.28. The molecular formula is C12H17N3O. The molecule has 1 aliphatic rings. The highest BCUT2D eigenvalue weighted by Gasteiger charge is 2.15. The maximum Gasteiger partial charge on any atom is 0.238 e. The summed E-state index contributed by atoms with van der Waals surface area (Å²) in [5.41, 5.74) is 0.751. The molecule has 86 valence electrons. The molecule has 0 bridgehead atoms. The van der Waals surface area contributed by atoms with Crippen molar-refractivity contribution in [1.29, 1.82) is 0 Å². The van der Waals surface area contributed by atoms with E-state index >= 15 is 0 Å². The lowest BCUT2D eigenvalue weighted by Gasteiger charge is -2.11. The first-order valence-corrected chi connectivity index (χ1v) is 5.78. The van der Waals surface area contributed by atoms with Crippen molar-refractivity contribution in [3.05, 3.63) is 24.5 Å². The SMILES string of the molecule is O=C(CNC1CCCC1)Nc1cccnc1. The Morgan fingerprint density at radius 3 is 2.94 bits per heavy atom. The van der Waals surface area contributed by atoms with Gasteiger partial charge in [-0.25, -0.2) is 0 Å². The molecule has 0 spiro atoms. The van der Waals surface area contributed by atoms with E-state index in [0.29, 0.717) is 12.6 Å². The van der Waals surface area contributed by atoms with Gasteiger partial charge in [-0.05, 0) is 25.0 Å². The lowest BCUT2D eigenvalue weighted by molar-refractivity contribution is -0.115. The molecule has 0 unspecified atom stereocenters. The second-order valence-electron chi connectivity index (χ2n) is 4.15. The summed E-state index contributed by atoms with van der Waals surface area (Å²) >= 11 is 0. The topological polar surface area (TPSA) is 54.0 Å². The third kappa shape index (κ3) is 3.31. The maximum atomic E-state index is 11.6. The summed E-state index contributed by atoms with van der Waals surface area (Å²) in [5, 5.41) is 6.07.